The Bertz CT molecular complexity index is 370. The van der Waals surface area contributed by atoms with Crippen LogP contribution in [0.25, 0.3) is 0 Å². The molecule has 0 fully saturated rings. The van der Waals surface area contributed by atoms with Gasteiger partial charge in [0.15, 0.2) is 0 Å². The molecule has 0 bridgehead atoms. The van der Waals surface area contributed by atoms with Crippen molar-refractivity contribution in [3.63, 3.8) is 0 Å². The summed E-state index contributed by atoms with van der Waals surface area (Å²) >= 11 is 0. The van der Waals surface area contributed by atoms with Crippen LogP contribution in [0.5, 0.6) is 0 Å². The molecule has 3 amide bonds. The molecule has 0 spiro atoms. The minimum atomic E-state index is -2.92. The van der Waals surface area contributed by atoms with Crippen LogP contribution in [-0.4, -0.2) is 26.3 Å². The number of hydrogen-bond acceptors (Lipinski definition) is 3. The molecule has 0 saturated heterocycles. The fraction of sp³-hybridized carbons (Fsp3) is 0.842. The van der Waals surface area contributed by atoms with E-state index < -0.39 is 8.56 Å². The Hall–Kier alpha value is -1.37. The SMILES string of the molecule is CCCCCC(=O)N[Si](C)(NC(=O)CCCCC)NC(=O)CCCCC. The second kappa shape index (κ2) is 14.8. The van der Waals surface area contributed by atoms with Gasteiger partial charge in [-0.1, -0.05) is 59.3 Å². The molecule has 0 aromatic carbocycles. The molecule has 3 N–H and O–H groups in total. The molecule has 7 heteroatoms. The molecule has 6 nitrogen and oxygen atoms in total. The van der Waals surface area contributed by atoms with E-state index in [1.165, 1.54) is 0 Å². The minimum Gasteiger partial charge on any atom is -0.348 e. The number of hydrogen-bond donors (Lipinski definition) is 3. The van der Waals surface area contributed by atoms with Crippen LogP contribution in [0.1, 0.15) is 97.8 Å². The lowest BCUT2D eigenvalue weighted by atomic mass is 10.2. The van der Waals surface area contributed by atoms with E-state index in [1.807, 2.05) is 0 Å². The Morgan fingerprint density at radius 3 is 1.08 bits per heavy atom. The average molecular weight is 386 g/mol. The molecule has 0 aliphatic rings. The number of carbonyl (C=O) groups is 3. The fourth-order valence-corrected chi connectivity index (χ4v) is 4.96. The van der Waals surface area contributed by atoms with Gasteiger partial charge >= 0.3 is 8.56 Å². The van der Waals surface area contributed by atoms with Gasteiger partial charge in [0, 0.05) is 19.3 Å². The molecule has 0 radical (unpaired) electrons. The van der Waals surface area contributed by atoms with E-state index in [-0.39, 0.29) is 17.7 Å². The number of rotatable bonds is 15. The lowest BCUT2D eigenvalue weighted by Crippen LogP contribution is -2.73. The van der Waals surface area contributed by atoms with Gasteiger partial charge in [0.2, 0.25) is 17.7 Å². The molecule has 0 atom stereocenters. The molecule has 0 heterocycles. The van der Waals surface area contributed by atoms with E-state index in [9.17, 15) is 14.4 Å². The van der Waals surface area contributed by atoms with Crippen LogP contribution in [0, 0.1) is 0 Å². The van der Waals surface area contributed by atoms with Gasteiger partial charge in [0.25, 0.3) is 0 Å². The highest BCUT2D eigenvalue weighted by atomic mass is 28.4. The van der Waals surface area contributed by atoms with E-state index >= 15 is 0 Å². The van der Waals surface area contributed by atoms with E-state index in [0.29, 0.717) is 19.3 Å². The maximum atomic E-state index is 12.2. The van der Waals surface area contributed by atoms with Crippen molar-refractivity contribution in [1.29, 1.82) is 0 Å². The van der Waals surface area contributed by atoms with E-state index in [4.69, 9.17) is 0 Å². The smallest absolute Gasteiger partial charge is 0.348 e. The highest BCUT2D eigenvalue weighted by Crippen LogP contribution is 2.04. The summed E-state index contributed by atoms with van der Waals surface area (Å²) in [6, 6.07) is 0. The third-order valence-corrected chi connectivity index (χ3v) is 6.53. The standard InChI is InChI=1S/C19H39N3O3Si/c1-5-8-11-14-17(23)20-26(4,21-18(24)15-12-9-6-2)22-19(25)16-13-10-7-3/h5-16H2,1-4H3,(H,20,23)(H,21,24)(H,22,25). The first-order valence-corrected chi connectivity index (χ1v) is 12.8. The maximum absolute atomic E-state index is 12.2. The van der Waals surface area contributed by atoms with Gasteiger partial charge < -0.3 is 14.9 Å². The molecule has 0 unspecified atom stereocenters. The highest BCUT2D eigenvalue weighted by molar-refractivity contribution is 6.77. The van der Waals surface area contributed by atoms with Crippen LogP contribution in [-0.2, 0) is 14.4 Å². The summed E-state index contributed by atoms with van der Waals surface area (Å²) in [5.41, 5.74) is 0. The first-order valence-electron chi connectivity index (χ1n) is 10.3. The monoisotopic (exact) mass is 385 g/mol. The number of amides is 3. The van der Waals surface area contributed by atoms with Gasteiger partial charge in [-0.25, -0.2) is 0 Å². The summed E-state index contributed by atoms with van der Waals surface area (Å²) in [6.45, 7) is 8.04. The molecule has 0 saturated carbocycles. The fourth-order valence-electron chi connectivity index (χ4n) is 2.72. The van der Waals surface area contributed by atoms with Gasteiger partial charge in [-0.3, -0.25) is 14.4 Å². The van der Waals surface area contributed by atoms with Crippen molar-refractivity contribution in [2.75, 3.05) is 0 Å². The summed E-state index contributed by atoms with van der Waals surface area (Å²) in [5, 5.41) is 0. The molecule has 0 aliphatic carbocycles. The van der Waals surface area contributed by atoms with Gasteiger partial charge in [-0.05, 0) is 25.8 Å². The Labute approximate surface area is 160 Å². The summed E-state index contributed by atoms with van der Waals surface area (Å²) in [6.07, 6.45) is 9.87. The molecule has 0 aromatic rings. The molecule has 152 valence electrons. The van der Waals surface area contributed by atoms with Crippen molar-refractivity contribution in [3.05, 3.63) is 0 Å². The summed E-state index contributed by atoms with van der Waals surface area (Å²) < 4.78 is 0. The van der Waals surface area contributed by atoms with Crippen molar-refractivity contribution in [2.45, 2.75) is 104 Å². The Balaban J connectivity index is 4.74. The second-order valence-electron chi connectivity index (χ2n) is 7.14. The van der Waals surface area contributed by atoms with Crippen molar-refractivity contribution >= 4 is 26.3 Å². The normalized spacial score (nSPS) is 11.1. The van der Waals surface area contributed by atoms with Crippen LogP contribution in [0.2, 0.25) is 6.55 Å². The predicted octanol–water partition coefficient (Wildman–Crippen LogP) is 3.64. The van der Waals surface area contributed by atoms with Gasteiger partial charge in [-0.2, -0.15) is 0 Å². The second-order valence-corrected chi connectivity index (χ2v) is 10.1. The number of nitrogens with one attached hydrogen (secondary N) is 3. The molecule has 26 heavy (non-hydrogen) atoms. The molecule has 0 rings (SSSR count). The molecular formula is C19H39N3O3Si. The van der Waals surface area contributed by atoms with Crippen molar-refractivity contribution in [2.24, 2.45) is 0 Å². The van der Waals surface area contributed by atoms with Gasteiger partial charge in [0.1, 0.15) is 0 Å². The van der Waals surface area contributed by atoms with Gasteiger partial charge in [-0.15, -0.1) is 0 Å². The van der Waals surface area contributed by atoms with E-state index in [0.717, 1.165) is 57.8 Å². The summed E-state index contributed by atoms with van der Waals surface area (Å²) in [7, 11) is -2.92. The third kappa shape index (κ3) is 12.9. The summed E-state index contributed by atoms with van der Waals surface area (Å²) in [4.78, 5) is 45.5. The average Bonchev–Trinajstić information content (AvgIpc) is 2.55. The lowest BCUT2D eigenvalue weighted by molar-refractivity contribution is -0.120. The highest BCUT2D eigenvalue weighted by Gasteiger charge is 2.35. The number of unbranched alkanes of at least 4 members (excludes halogenated alkanes) is 6. The van der Waals surface area contributed by atoms with Crippen LogP contribution >= 0.6 is 0 Å². The summed E-state index contributed by atoms with van der Waals surface area (Å²) in [5.74, 6) is -0.305. The van der Waals surface area contributed by atoms with Crippen LogP contribution in [0.4, 0.5) is 0 Å². The first-order chi connectivity index (χ1) is 12.4. The van der Waals surface area contributed by atoms with Crippen LogP contribution < -0.4 is 14.9 Å². The van der Waals surface area contributed by atoms with Crippen molar-refractivity contribution < 1.29 is 14.4 Å². The molecule has 0 aliphatic heterocycles. The van der Waals surface area contributed by atoms with E-state index in [1.54, 1.807) is 6.55 Å². The molecular weight excluding hydrogens is 346 g/mol. The molecule has 0 aromatic heterocycles. The quantitative estimate of drug-likeness (QED) is 0.297. The lowest BCUT2D eigenvalue weighted by Gasteiger charge is -2.29. The Morgan fingerprint density at radius 2 is 0.846 bits per heavy atom. The first kappa shape index (κ1) is 24.6. The van der Waals surface area contributed by atoms with Crippen LogP contribution in [0.3, 0.4) is 0 Å². The topological polar surface area (TPSA) is 87.3 Å². The Kier molecular flexibility index (Phi) is 14.0. The number of carbonyl (C=O) groups excluding carboxylic acids is 3. The third-order valence-electron chi connectivity index (χ3n) is 4.19. The largest absolute Gasteiger partial charge is 0.375 e. The van der Waals surface area contributed by atoms with Gasteiger partial charge in [0.05, 0.1) is 0 Å². The maximum Gasteiger partial charge on any atom is 0.375 e. The minimum absolute atomic E-state index is 0.102. The zero-order valence-corrected chi connectivity index (χ0v) is 18.2. The van der Waals surface area contributed by atoms with E-state index in [2.05, 4.69) is 35.7 Å². The van der Waals surface area contributed by atoms with Crippen molar-refractivity contribution in [3.8, 4) is 0 Å². The predicted molar refractivity (Wildman–Crippen MR) is 108 cm³/mol. The zero-order chi connectivity index (χ0) is 19.8. The Morgan fingerprint density at radius 1 is 0.577 bits per heavy atom. The van der Waals surface area contributed by atoms with Crippen molar-refractivity contribution in [1.82, 2.24) is 14.9 Å². The van der Waals surface area contributed by atoms with Crippen LogP contribution in [0.15, 0.2) is 0 Å². The zero-order valence-electron chi connectivity index (χ0n) is 17.2.